The Labute approximate surface area is 125 Å². The minimum atomic E-state index is -1.02. The molecule has 0 saturated carbocycles. The van der Waals surface area contributed by atoms with Crippen LogP contribution in [0.15, 0.2) is 24.3 Å². The monoisotopic (exact) mass is 293 g/mol. The molecule has 0 spiro atoms. The fourth-order valence-electron chi connectivity index (χ4n) is 1.92. The van der Waals surface area contributed by atoms with Gasteiger partial charge in [0.15, 0.2) is 0 Å². The van der Waals surface area contributed by atoms with Gasteiger partial charge in [-0.2, -0.15) is 0 Å². The van der Waals surface area contributed by atoms with Gasteiger partial charge in [-0.25, -0.2) is 4.79 Å². The molecule has 1 atom stereocenters. The number of hydrogen-bond acceptors (Lipinski definition) is 3. The van der Waals surface area contributed by atoms with Crippen molar-refractivity contribution in [2.45, 2.75) is 46.3 Å². The van der Waals surface area contributed by atoms with Crippen LogP contribution in [0.3, 0.4) is 0 Å². The van der Waals surface area contributed by atoms with Crippen LogP contribution in [0.25, 0.3) is 0 Å². The van der Waals surface area contributed by atoms with Gasteiger partial charge in [0.2, 0.25) is 5.91 Å². The molecular formula is C16H23NO4. The SMILES string of the molecule is CC(C)Oc1cccc(CC(=O)NC(C(=O)O)C(C)C)c1. The molecule has 0 heterocycles. The average molecular weight is 293 g/mol. The van der Waals surface area contributed by atoms with Crippen molar-refractivity contribution in [2.24, 2.45) is 5.92 Å². The lowest BCUT2D eigenvalue weighted by Crippen LogP contribution is -2.44. The first kappa shape index (κ1) is 17.0. The van der Waals surface area contributed by atoms with Crippen molar-refractivity contribution in [3.05, 3.63) is 29.8 Å². The molecule has 21 heavy (non-hydrogen) atoms. The summed E-state index contributed by atoms with van der Waals surface area (Å²) in [7, 11) is 0. The van der Waals surface area contributed by atoms with Gasteiger partial charge in [-0.3, -0.25) is 4.79 Å². The van der Waals surface area contributed by atoms with Crippen molar-refractivity contribution in [3.8, 4) is 5.75 Å². The highest BCUT2D eigenvalue weighted by molar-refractivity contribution is 5.85. The fourth-order valence-corrected chi connectivity index (χ4v) is 1.92. The maximum absolute atomic E-state index is 12.0. The molecule has 0 radical (unpaired) electrons. The van der Waals surface area contributed by atoms with Gasteiger partial charge in [-0.1, -0.05) is 26.0 Å². The van der Waals surface area contributed by atoms with Crippen molar-refractivity contribution in [2.75, 3.05) is 0 Å². The van der Waals surface area contributed by atoms with Crippen LogP contribution >= 0.6 is 0 Å². The fraction of sp³-hybridized carbons (Fsp3) is 0.500. The zero-order valence-electron chi connectivity index (χ0n) is 12.9. The highest BCUT2D eigenvalue weighted by atomic mass is 16.5. The molecule has 0 aliphatic rings. The second-order valence-corrected chi connectivity index (χ2v) is 5.62. The number of benzene rings is 1. The molecule has 0 aliphatic carbocycles. The molecule has 2 N–H and O–H groups in total. The van der Waals surface area contributed by atoms with E-state index in [1.54, 1.807) is 19.9 Å². The summed E-state index contributed by atoms with van der Waals surface area (Å²) in [5.74, 6) is -0.788. The second kappa shape index (κ2) is 7.67. The van der Waals surface area contributed by atoms with Gasteiger partial charge < -0.3 is 15.2 Å². The van der Waals surface area contributed by atoms with Crippen LogP contribution in [-0.4, -0.2) is 29.1 Å². The number of nitrogens with one attached hydrogen (secondary N) is 1. The number of aliphatic carboxylic acids is 1. The molecule has 0 saturated heterocycles. The molecular weight excluding hydrogens is 270 g/mol. The standard InChI is InChI=1S/C16H23NO4/c1-10(2)15(16(19)20)17-14(18)9-12-6-5-7-13(8-12)21-11(3)4/h5-8,10-11,15H,9H2,1-4H3,(H,17,18)(H,19,20). The summed E-state index contributed by atoms with van der Waals surface area (Å²) in [6.45, 7) is 7.38. The highest BCUT2D eigenvalue weighted by Crippen LogP contribution is 2.15. The lowest BCUT2D eigenvalue weighted by Gasteiger charge is -2.18. The van der Waals surface area contributed by atoms with Crippen molar-refractivity contribution in [1.82, 2.24) is 5.32 Å². The number of rotatable bonds is 7. The quantitative estimate of drug-likeness (QED) is 0.808. The Bertz CT molecular complexity index is 497. The van der Waals surface area contributed by atoms with Crippen LogP contribution < -0.4 is 10.1 Å². The van der Waals surface area contributed by atoms with Crippen LogP contribution in [0, 0.1) is 5.92 Å². The Hall–Kier alpha value is -2.04. The molecule has 1 rings (SSSR count). The number of hydrogen-bond donors (Lipinski definition) is 2. The molecule has 1 aromatic carbocycles. The number of carboxylic acid groups (broad SMARTS) is 1. The minimum Gasteiger partial charge on any atom is -0.491 e. The predicted molar refractivity (Wildman–Crippen MR) is 80.3 cm³/mol. The van der Waals surface area contributed by atoms with Gasteiger partial charge in [0, 0.05) is 0 Å². The third-order valence-electron chi connectivity index (χ3n) is 2.88. The first-order valence-electron chi connectivity index (χ1n) is 7.07. The summed E-state index contributed by atoms with van der Waals surface area (Å²) < 4.78 is 5.57. The Morgan fingerprint density at radius 2 is 1.90 bits per heavy atom. The van der Waals surface area contributed by atoms with Crippen LogP contribution in [0.5, 0.6) is 5.75 Å². The normalized spacial score (nSPS) is 12.3. The summed E-state index contributed by atoms with van der Waals surface area (Å²) in [6.07, 6.45) is 0.192. The van der Waals surface area contributed by atoms with Crippen LogP contribution in [0.4, 0.5) is 0 Å². The van der Waals surface area contributed by atoms with Crippen molar-refractivity contribution in [3.63, 3.8) is 0 Å². The van der Waals surface area contributed by atoms with E-state index in [0.29, 0.717) is 5.75 Å². The molecule has 116 valence electrons. The topological polar surface area (TPSA) is 75.6 Å². The molecule has 1 aromatic rings. The van der Waals surface area contributed by atoms with Gasteiger partial charge in [-0.15, -0.1) is 0 Å². The van der Waals surface area contributed by atoms with Crippen molar-refractivity contribution in [1.29, 1.82) is 0 Å². The molecule has 1 unspecified atom stereocenters. The van der Waals surface area contributed by atoms with Gasteiger partial charge >= 0.3 is 5.97 Å². The molecule has 5 heteroatoms. The molecule has 0 bridgehead atoms. The van der Waals surface area contributed by atoms with E-state index in [4.69, 9.17) is 9.84 Å². The Morgan fingerprint density at radius 3 is 2.43 bits per heavy atom. The average Bonchev–Trinajstić information content (AvgIpc) is 2.34. The van der Waals surface area contributed by atoms with Crippen LogP contribution in [0.2, 0.25) is 0 Å². The van der Waals surface area contributed by atoms with E-state index < -0.39 is 12.0 Å². The first-order chi connectivity index (χ1) is 9.79. The van der Waals surface area contributed by atoms with Crippen LogP contribution in [0.1, 0.15) is 33.3 Å². The zero-order valence-corrected chi connectivity index (χ0v) is 12.9. The molecule has 0 aliphatic heterocycles. The number of carbonyl (C=O) groups excluding carboxylic acids is 1. The predicted octanol–water partition coefficient (Wildman–Crippen LogP) is 2.24. The number of carboxylic acids is 1. The zero-order chi connectivity index (χ0) is 16.0. The second-order valence-electron chi connectivity index (χ2n) is 5.62. The van der Waals surface area contributed by atoms with Gasteiger partial charge in [0.25, 0.3) is 0 Å². The number of amides is 1. The van der Waals surface area contributed by atoms with E-state index in [0.717, 1.165) is 5.56 Å². The molecule has 5 nitrogen and oxygen atoms in total. The Balaban J connectivity index is 2.68. The molecule has 1 amide bonds. The van der Waals surface area contributed by atoms with Crippen LogP contribution in [-0.2, 0) is 16.0 Å². The Morgan fingerprint density at radius 1 is 1.24 bits per heavy atom. The summed E-state index contributed by atoms with van der Waals surface area (Å²) in [6, 6.07) is 6.39. The maximum Gasteiger partial charge on any atom is 0.326 e. The highest BCUT2D eigenvalue weighted by Gasteiger charge is 2.23. The van der Waals surface area contributed by atoms with E-state index in [2.05, 4.69) is 5.32 Å². The van der Waals surface area contributed by atoms with Crippen molar-refractivity contribution < 1.29 is 19.4 Å². The third-order valence-corrected chi connectivity index (χ3v) is 2.88. The molecule has 0 fully saturated rings. The van der Waals surface area contributed by atoms with E-state index in [9.17, 15) is 9.59 Å². The van der Waals surface area contributed by atoms with E-state index in [1.165, 1.54) is 0 Å². The van der Waals surface area contributed by atoms with E-state index in [1.807, 2.05) is 32.0 Å². The number of ether oxygens (including phenoxy) is 1. The van der Waals surface area contributed by atoms with Gasteiger partial charge in [0.05, 0.1) is 12.5 Å². The number of carbonyl (C=O) groups is 2. The summed E-state index contributed by atoms with van der Waals surface area (Å²) in [4.78, 5) is 23.0. The lowest BCUT2D eigenvalue weighted by molar-refractivity contribution is -0.143. The van der Waals surface area contributed by atoms with Crippen molar-refractivity contribution >= 4 is 11.9 Å². The van der Waals surface area contributed by atoms with E-state index >= 15 is 0 Å². The maximum atomic E-state index is 12.0. The first-order valence-corrected chi connectivity index (χ1v) is 7.07. The summed E-state index contributed by atoms with van der Waals surface area (Å²) >= 11 is 0. The third kappa shape index (κ3) is 5.85. The molecule has 0 aromatic heterocycles. The Kier molecular flexibility index (Phi) is 6.21. The summed E-state index contributed by atoms with van der Waals surface area (Å²) in [5, 5.41) is 11.6. The lowest BCUT2D eigenvalue weighted by atomic mass is 10.0. The van der Waals surface area contributed by atoms with Gasteiger partial charge in [-0.05, 0) is 37.5 Å². The summed E-state index contributed by atoms with van der Waals surface area (Å²) in [5.41, 5.74) is 0.790. The van der Waals surface area contributed by atoms with Gasteiger partial charge in [0.1, 0.15) is 11.8 Å². The van der Waals surface area contributed by atoms with E-state index in [-0.39, 0.29) is 24.3 Å². The smallest absolute Gasteiger partial charge is 0.326 e. The largest absolute Gasteiger partial charge is 0.491 e. The minimum absolute atomic E-state index is 0.0615.